The van der Waals surface area contributed by atoms with Crippen LogP contribution in [0.15, 0.2) is 48.6 Å². The Labute approximate surface area is 182 Å². The summed E-state index contributed by atoms with van der Waals surface area (Å²) in [5.41, 5.74) is 0. The predicted octanol–water partition coefficient (Wildman–Crippen LogP) is 3.28. The van der Waals surface area contributed by atoms with Gasteiger partial charge < -0.3 is 24.8 Å². The van der Waals surface area contributed by atoms with Crippen LogP contribution in [0, 0.1) is 11.8 Å². The number of ether oxygens (including phenoxy) is 2. The quantitative estimate of drug-likeness (QED) is 0.279. The maximum atomic E-state index is 11.1. The van der Waals surface area contributed by atoms with Gasteiger partial charge in [-0.05, 0) is 43.4 Å². The third-order valence-corrected chi connectivity index (χ3v) is 5.48. The molecular formula is C23H31ClO6. The van der Waals surface area contributed by atoms with E-state index in [1.807, 2.05) is 12.2 Å². The summed E-state index contributed by atoms with van der Waals surface area (Å²) in [6.07, 6.45) is 7.98. The molecule has 0 unspecified atom stereocenters. The molecule has 1 fully saturated rings. The smallest absolute Gasteiger partial charge is 0.305 e. The van der Waals surface area contributed by atoms with Crippen molar-refractivity contribution in [1.82, 2.24) is 0 Å². The summed E-state index contributed by atoms with van der Waals surface area (Å²) in [4.78, 5) is 11.1. The molecule has 0 spiro atoms. The van der Waals surface area contributed by atoms with Crippen molar-refractivity contribution in [2.45, 2.75) is 50.4 Å². The van der Waals surface area contributed by atoms with Crippen LogP contribution in [0.3, 0.4) is 0 Å². The first-order valence-electron chi connectivity index (χ1n) is 10.2. The molecule has 166 valence electrons. The zero-order chi connectivity index (χ0) is 21.9. The summed E-state index contributed by atoms with van der Waals surface area (Å²) in [6, 6.07) is 6.94. The maximum absolute atomic E-state index is 11.1. The van der Waals surface area contributed by atoms with Gasteiger partial charge in [-0.3, -0.25) is 4.79 Å². The van der Waals surface area contributed by atoms with Gasteiger partial charge in [-0.15, -0.1) is 0 Å². The summed E-state index contributed by atoms with van der Waals surface area (Å²) >= 11 is 5.91. The maximum Gasteiger partial charge on any atom is 0.305 e. The standard InChI is InChI=1S/C23H31ClO6/c1-29-23(28)10-5-3-2-4-9-19-20(22(27)14-21(19)26)12-11-17(25)15-30-18-8-6-7-16(24)13-18/h2,4,6-8,11-13,17,19-22,25-27H,3,5,9-10,14-15H2,1H3/b4-2-,12-11+/t17-,19-,20-,21+,22-/m0/s1. The lowest BCUT2D eigenvalue weighted by Gasteiger charge is -2.19. The van der Waals surface area contributed by atoms with E-state index in [-0.39, 0.29) is 24.4 Å². The van der Waals surface area contributed by atoms with E-state index >= 15 is 0 Å². The Kier molecular flexibility index (Phi) is 10.4. The minimum Gasteiger partial charge on any atom is -0.491 e. The Bertz CT molecular complexity index is 719. The first kappa shape index (κ1) is 24.4. The number of unbranched alkanes of at least 4 members (excludes halogenated alkanes) is 1. The van der Waals surface area contributed by atoms with Crippen LogP contribution in [-0.4, -0.2) is 53.3 Å². The number of carbonyl (C=O) groups excluding carboxylic acids is 1. The molecule has 6 nitrogen and oxygen atoms in total. The molecule has 30 heavy (non-hydrogen) atoms. The van der Waals surface area contributed by atoms with Crippen molar-refractivity contribution in [3.8, 4) is 5.75 Å². The number of halogens is 1. The highest BCUT2D eigenvalue weighted by Gasteiger charge is 2.39. The Balaban J connectivity index is 1.81. The van der Waals surface area contributed by atoms with Crippen LogP contribution >= 0.6 is 11.6 Å². The molecule has 5 atom stereocenters. The van der Waals surface area contributed by atoms with Gasteiger partial charge in [-0.25, -0.2) is 0 Å². The third-order valence-electron chi connectivity index (χ3n) is 5.24. The van der Waals surface area contributed by atoms with Gasteiger partial charge in [0.2, 0.25) is 0 Å². The number of carbonyl (C=O) groups is 1. The number of aliphatic hydroxyl groups is 3. The molecule has 0 aliphatic heterocycles. The van der Waals surface area contributed by atoms with Gasteiger partial charge in [-0.1, -0.05) is 42.0 Å². The minimum absolute atomic E-state index is 0.0625. The van der Waals surface area contributed by atoms with Gasteiger partial charge in [0.05, 0.1) is 19.3 Å². The third kappa shape index (κ3) is 8.11. The van der Waals surface area contributed by atoms with Gasteiger partial charge in [0.15, 0.2) is 0 Å². The number of rotatable bonds is 11. The molecule has 1 aromatic carbocycles. The second-order valence-electron chi connectivity index (χ2n) is 7.51. The van der Waals surface area contributed by atoms with Crippen LogP contribution in [0.25, 0.3) is 0 Å². The Morgan fingerprint density at radius 2 is 2.10 bits per heavy atom. The van der Waals surface area contributed by atoms with Crippen molar-refractivity contribution in [1.29, 1.82) is 0 Å². The number of aliphatic hydroxyl groups excluding tert-OH is 3. The second-order valence-corrected chi connectivity index (χ2v) is 7.94. The lowest BCUT2D eigenvalue weighted by Crippen LogP contribution is -2.21. The highest BCUT2D eigenvalue weighted by atomic mass is 35.5. The van der Waals surface area contributed by atoms with Crippen LogP contribution in [0.1, 0.15) is 32.1 Å². The molecule has 3 N–H and O–H groups in total. The SMILES string of the molecule is COC(=O)CCC/C=C\C[C@H]1[C@H](/C=C/[C@H](O)COc2cccc(Cl)c2)[C@@H](O)C[C@H]1O. The molecule has 1 aromatic rings. The molecular weight excluding hydrogens is 408 g/mol. The van der Waals surface area contributed by atoms with E-state index in [9.17, 15) is 20.1 Å². The lowest BCUT2D eigenvalue weighted by atomic mass is 9.89. The topological polar surface area (TPSA) is 96.2 Å². The molecule has 0 bridgehead atoms. The van der Waals surface area contributed by atoms with Crippen molar-refractivity contribution in [2.24, 2.45) is 11.8 Å². The zero-order valence-corrected chi connectivity index (χ0v) is 17.9. The Morgan fingerprint density at radius 3 is 2.83 bits per heavy atom. The van der Waals surface area contributed by atoms with Crippen molar-refractivity contribution >= 4 is 17.6 Å². The average molecular weight is 439 g/mol. The Hall–Kier alpha value is -1.86. The molecule has 0 heterocycles. The van der Waals surface area contributed by atoms with Crippen molar-refractivity contribution < 1.29 is 29.6 Å². The highest BCUT2D eigenvalue weighted by Crippen LogP contribution is 2.36. The Morgan fingerprint density at radius 1 is 1.30 bits per heavy atom. The fourth-order valence-corrected chi connectivity index (χ4v) is 3.77. The minimum atomic E-state index is -0.844. The summed E-state index contributed by atoms with van der Waals surface area (Å²) in [5.74, 6) is -0.0305. The van der Waals surface area contributed by atoms with Crippen molar-refractivity contribution in [3.63, 3.8) is 0 Å². The largest absolute Gasteiger partial charge is 0.491 e. The van der Waals surface area contributed by atoms with Gasteiger partial charge in [0.25, 0.3) is 0 Å². The summed E-state index contributed by atoms with van der Waals surface area (Å²) in [5, 5.41) is 31.3. The van der Waals surface area contributed by atoms with Gasteiger partial charge >= 0.3 is 5.97 Å². The number of allylic oxidation sites excluding steroid dienone is 2. The molecule has 1 saturated carbocycles. The number of hydrogen-bond donors (Lipinski definition) is 3. The lowest BCUT2D eigenvalue weighted by molar-refractivity contribution is -0.140. The van der Waals surface area contributed by atoms with E-state index in [1.165, 1.54) is 7.11 Å². The first-order chi connectivity index (χ1) is 14.4. The van der Waals surface area contributed by atoms with Crippen LogP contribution in [0.4, 0.5) is 0 Å². The molecule has 1 aliphatic rings. The summed E-state index contributed by atoms with van der Waals surface area (Å²) in [7, 11) is 1.37. The van der Waals surface area contributed by atoms with Crippen LogP contribution in [-0.2, 0) is 9.53 Å². The van der Waals surface area contributed by atoms with Crippen molar-refractivity contribution in [3.05, 3.63) is 53.6 Å². The number of esters is 1. The van der Waals surface area contributed by atoms with E-state index in [0.29, 0.717) is 36.5 Å². The molecule has 0 radical (unpaired) electrons. The number of methoxy groups -OCH3 is 1. The van der Waals surface area contributed by atoms with Crippen LogP contribution in [0.5, 0.6) is 5.75 Å². The first-order valence-corrected chi connectivity index (χ1v) is 10.6. The van der Waals surface area contributed by atoms with E-state index in [2.05, 4.69) is 4.74 Å². The molecule has 1 aliphatic carbocycles. The van der Waals surface area contributed by atoms with E-state index in [1.54, 1.807) is 36.4 Å². The molecule has 0 aromatic heterocycles. The predicted molar refractivity (Wildman–Crippen MR) is 115 cm³/mol. The van der Waals surface area contributed by atoms with E-state index in [0.717, 1.165) is 6.42 Å². The molecule has 2 rings (SSSR count). The van der Waals surface area contributed by atoms with Crippen molar-refractivity contribution in [2.75, 3.05) is 13.7 Å². The van der Waals surface area contributed by atoms with E-state index < -0.39 is 18.3 Å². The van der Waals surface area contributed by atoms with E-state index in [4.69, 9.17) is 16.3 Å². The van der Waals surface area contributed by atoms with Crippen LogP contribution < -0.4 is 4.74 Å². The normalized spacial score (nSPS) is 25.1. The van der Waals surface area contributed by atoms with Gasteiger partial charge in [-0.2, -0.15) is 0 Å². The second kappa shape index (κ2) is 12.7. The van der Waals surface area contributed by atoms with Gasteiger partial charge in [0.1, 0.15) is 18.5 Å². The fraction of sp³-hybridized carbons (Fsp3) is 0.522. The zero-order valence-electron chi connectivity index (χ0n) is 17.2. The summed E-state index contributed by atoms with van der Waals surface area (Å²) in [6.45, 7) is 0.0625. The van der Waals surface area contributed by atoms with Gasteiger partial charge in [0, 0.05) is 23.8 Å². The molecule has 0 saturated heterocycles. The average Bonchev–Trinajstić information content (AvgIpc) is 2.99. The highest BCUT2D eigenvalue weighted by molar-refractivity contribution is 6.30. The summed E-state index contributed by atoms with van der Waals surface area (Å²) < 4.78 is 10.1. The monoisotopic (exact) mass is 438 g/mol. The fourth-order valence-electron chi connectivity index (χ4n) is 3.59. The molecule has 0 amide bonds. The van der Waals surface area contributed by atoms with Crippen LogP contribution in [0.2, 0.25) is 5.02 Å². The number of hydrogen-bond acceptors (Lipinski definition) is 6. The number of benzene rings is 1. The molecule has 7 heteroatoms.